The maximum atomic E-state index is 11.9. The van der Waals surface area contributed by atoms with Crippen LogP contribution < -0.4 is 5.32 Å². The van der Waals surface area contributed by atoms with Crippen LogP contribution in [0.5, 0.6) is 0 Å². The third-order valence-corrected chi connectivity index (χ3v) is 3.50. The number of nitrogens with one attached hydrogen (secondary N) is 2. The Morgan fingerprint density at radius 2 is 2.38 bits per heavy atom. The normalized spacial score (nSPS) is 9.76. The Morgan fingerprint density at radius 3 is 3.05 bits per heavy atom. The number of hydrogen-bond acceptors (Lipinski definition) is 5. The fourth-order valence-electron chi connectivity index (χ4n) is 1.60. The Kier molecular flexibility index (Phi) is 4.71. The Labute approximate surface area is 123 Å². The van der Waals surface area contributed by atoms with Gasteiger partial charge in [-0.15, -0.1) is 11.3 Å². The van der Waals surface area contributed by atoms with Crippen molar-refractivity contribution in [1.82, 2.24) is 10.3 Å². The average molecular weight is 305 g/mol. The van der Waals surface area contributed by atoms with E-state index in [0.717, 1.165) is 16.6 Å². The number of carbonyl (C=O) groups is 1. The van der Waals surface area contributed by atoms with Crippen LogP contribution in [0.4, 0.5) is 5.69 Å². The topological polar surface area (TPSA) is 108 Å². The number of amides is 1. The van der Waals surface area contributed by atoms with Crippen LogP contribution in [0.1, 0.15) is 20.9 Å². The molecule has 0 saturated carbocycles. The molecule has 7 nitrogen and oxygen atoms in total. The van der Waals surface area contributed by atoms with E-state index in [4.69, 9.17) is 5.11 Å². The molecule has 8 heteroatoms. The van der Waals surface area contributed by atoms with E-state index in [-0.39, 0.29) is 24.5 Å². The molecule has 0 aliphatic carbocycles. The first-order chi connectivity index (χ1) is 10.1. The molecule has 108 valence electrons. The van der Waals surface area contributed by atoms with Crippen LogP contribution in [-0.4, -0.2) is 27.5 Å². The minimum Gasteiger partial charge on any atom is -0.384 e. The summed E-state index contributed by atoms with van der Waals surface area (Å²) in [7, 11) is 0. The van der Waals surface area contributed by atoms with E-state index in [1.807, 2.05) is 5.38 Å². The third kappa shape index (κ3) is 3.68. The first-order valence-electron chi connectivity index (χ1n) is 5.89. The molecular formula is C13H11N3O4S. The lowest BCUT2D eigenvalue weighted by atomic mass is 10.2. The number of nitro groups is 1. The smallest absolute Gasteiger partial charge is 0.287 e. The summed E-state index contributed by atoms with van der Waals surface area (Å²) in [6.45, 7) is 0.0343. The molecule has 21 heavy (non-hydrogen) atoms. The molecule has 0 saturated heterocycles. The zero-order valence-electron chi connectivity index (χ0n) is 10.8. The number of hydrogen-bond donors (Lipinski definition) is 3. The Bertz CT molecular complexity index is 723. The monoisotopic (exact) mass is 305 g/mol. The molecule has 0 unspecified atom stereocenters. The summed E-state index contributed by atoms with van der Waals surface area (Å²) in [4.78, 5) is 25.2. The minimum atomic E-state index is -0.574. The van der Waals surface area contributed by atoms with E-state index in [0.29, 0.717) is 0 Å². The van der Waals surface area contributed by atoms with Crippen LogP contribution in [-0.2, 0) is 6.54 Å². The lowest BCUT2D eigenvalue weighted by Gasteiger charge is -2.02. The van der Waals surface area contributed by atoms with Crippen LogP contribution in [0, 0.1) is 22.0 Å². The first kappa shape index (κ1) is 14.8. The third-order valence-electron chi connectivity index (χ3n) is 2.58. The van der Waals surface area contributed by atoms with Crippen LogP contribution in [0.2, 0.25) is 0 Å². The van der Waals surface area contributed by atoms with Gasteiger partial charge in [0.2, 0.25) is 0 Å². The van der Waals surface area contributed by atoms with Crippen molar-refractivity contribution in [3.8, 4) is 11.8 Å². The van der Waals surface area contributed by atoms with Gasteiger partial charge in [-0.2, -0.15) is 0 Å². The van der Waals surface area contributed by atoms with Crippen molar-refractivity contribution < 1.29 is 14.8 Å². The number of aromatic amines is 1. The molecule has 0 aliphatic heterocycles. The van der Waals surface area contributed by atoms with Gasteiger partial charge in [-0.1, -0.05) is 11.8 Å². The summed E-state index contributed by atoms with van der Waals surface area (Å²) in [5, 5.41) is 23.7. The van der Waals surface area contributed by atoms with Crippen LogP contribution in [0.15, 0.2) is 23.7 Å². The number of H-pyrrole nitrogens is 1. The number of aliphatic hydroxyl groups excluding tert-OH is 1. The fourth-order valence-corrected chi connectivity index (χ4v) is 2.37. The quantitative estimate of drug-likeness (QED) is 0.449. The highest BCUT2D eigenvalue weighted by Gasteiger charge is 2.14. The lowest BCUT2D eigenvalue weighted by Crippen LogP contribution is -2.22. The van der Waals surface area contributed by atoms with E-state index >= 15 is 0 Å². The van der Waals surface area contributed by atoms with Gasteiger partial charge in [-0.25, -0.2) is 0 Å². The first-order valence-corrected chi connectivity index (χ1v) is 6.77. The standard InChI is InChI=1S/C13H11N3O4S/c17-4-1-2-9-3-5-21-12(9)8-15-13(18)11-6-10(7-14-11)16(19)20/h3,5-7,14,17H,4,8H2,(H,15,18). The highest BCUT2D eigenvalue weighted by molar-refractivity contribution is 7.10. The molecule has 2 aromatic rings. The van der Waals surface area contributed by atoms with Crippen molar-refractivity contribution in [2.45, 2.75) is 6.54 Å². The van der Waals surface area contributed by atoms with Crippen molar-refractivity contribution in [2.75, 3.05) is 6.61 Å². The molecule has 0 aliphatic rings. The maximum absolute atomic E-state index is 11.9. The molecule has 2 rings (SSSR count). The highest BCUT2D eigenvalue weighted by Crippen LogP contribution is 2.16. The molecule has 2 heterocycles. The number of thiophene rings is 1. The molecule has 1 amide bonds. The molecule has 0 aromatic carbocycles. The number of rotatable bonds is 4. The van der Waals surface area contributed by atoms with Gasteiger partial charge in [0.25, 0.3) is 11.6 Å². The number of aliphatic hydroxyl groups is 1. The van der Waals surface area contributed by atoms with Gasteiger partial charge in [0.15, 0.2) is 0 Å². The zero-order valence-corrected chi connectivity index (χ0v) is 11.6. The fraction of sp³-hybridized carbons (Fsp3) is 0.154. The van der Waals surface area contributed by atoms with Crippen LogP contribution in [0.25, 0.3) is 0 Å². The molecule has 0 bridgehead atoms. The van der Waals surface area contributed by atoms with Gasteiger partial charge in [-0.05, 0) is 11.4 Å². The van der Waals surface area contributed by atoms with E-state index < -0.39 is 10.8 Å². The SMILES string of the molecule is O=C(NCc1sccc1C#CCO)c1cc([N+](=O)[O-])c[nH]1. The van der Waals surface area contributed by atoms with Crippen molar-refractivity contribution >= 4 is 22.9 Å². The second kappa shape index (κ2) is 6.69. The van der Waals surface area contributed by atoms with Gasteiger partial charge in [0, 0.05) is 16.5 Å². The number of carbonyl (C=O) groups excluding carboxylic acids is 1. The van der Waals surface area contributed by atoms with Crippen LogP contribution >= 0.6 is 11.3 Å². The van der Waals surface area contributed by atoms with Crippen molar-refractivity contribution in [3.63, 3.8) is 0 Å². The Morgan fingerprint density at radius 1 is 1.57 bits per heavy atom. The second-order valence-corrected chi connectivity index (χ2v) is 4.93. The van der Waals surface area contributed by atoms with Crippen molar-refractivity contribution in [2.24, 2.45) is 0 Å². The number of aromatic nitrogens is 1. The summed E-state index contributed by atoms with van der Waals surface area (Å²) >= 11 is 1.43. The predicted octanol–water partition coefficient (Wildman–Crippen LogP) is 1.26. The predicted molar refractivity (Wildman–Crippen MR) is 76.9 cm³/mol. The molecule has 0 radical (unpaired) electrons. The van der Waals surface area contributed by atoms with E-state index in [2.05, 4.69) is 22.1 Å². The molecular weight excluding hydrogens is 294 g/mol. The maximum Gasteiger partial charge on any atom is 0.287 e. The van der Waals surface area contributed by atoms with E-state index in [9.17, 15) is 14.9 Å². The van der Waals surface area contributed by atoms with Gasteiger partial charge in [0.05, 0.1) is 17.7 Å². The van der Waals surface area contributed by atoms with Gasteiger partial charge < -0.3 is 15.4 Å². The van der Waals surface area contributed by atoms with E-state index in [1.54, 1.807) is 6.07 Å². The summed E-state index contributed by atoms with van der Waals surface area (Å²) < 4.78 is 0. The van der Waals surface area contributed by atoms with Crippen molar-refractivity contribution in [1.29, 1.82) is 0 Å². The van der Waals surface area contributed by atoms with Gasteiger partial charge in [-0.3, -0.25) is 14.9 Å². The second-order valence-electron chi connectivity index (χ2n) is 3.93. The van der Waals surface area contributed by atoms with Gasteiger partial charge >= 0.3 is 0 Å². The van der Waals surface area contributed by atoms with Crippen molar-refractivity contribution in [3.05, 3.63) is 50.0 Å². The summed E-state index contributed by atoms with van der Waals surface area (Å²) in [6, 6.07) is 2.98. The van der Waals surface area contributed by atoms with E-state index in [1.165, 1.54) is 17.4 Å². The molecule has 0 atom stereocenters. The summed E-state index contributed by atoms with van der Waals surface area (Å²) in [6.07, 6.45) is 1.16. The minimum absolute atomic E-state index is 0.126. The van der Waals surface area contributed by atoms with Crippen LogP contribution in [0.3, 0.4) is 0 Å². The highest BCUT2D eigenvalue weighted by atomic mass is 32.1. The average Bonchev–Trinajstić information content (AvgIpc) is 3.11. The number of nitrogens with zero attached hydrogens (tertiary/aromatic N) is 1. The molecule has 2 aromatic heterocycles. The summed E-state index contributed by atoms with van der Waals surface area (Å²) in [5.41, 5.74) is 0.707. The molecule has 0 fully saturated rings. The molecule has 0 spiro atoms. The summed E-state index contributed by atoms with van der Waals surface area (Å²) in [5.74, 6) is 4.90. The van der Waals surface area contributed by atoms with Gasteiger partial charge in [0.1, 0.15) is 12.3 Å². The zero-order chi connectivity index (χ0) is 15.2. The Balaban J connectivity index is 2.01. The molecule has 3 N–H and O–H groups in total. The Hall–Kier alpha value is -2.63. The largest absolute Gasteiger partial charge is 0.384 e. The lowest BCUT2D eigenvalue weighted by molar-refractivity contribution is -0.384.